The summed E-state index contributed by atoms with van der Waals surface area (Å²) < 4.78 is 0. The van der Waals surface area contributed by atoms with Gasteiger partial charge in [-0.05, 0) is 6.08 Å². The number of aliphatic hydroxyl groups is 3. The Morgan fingerprint density at radius 2 is 1.78 bits per heavy atom. The number of rotatable bonds is 3. The topological polar surface area (TPSA) is 60.7 Å². The Balaban J connectivity index is 3.89. The molecular weight excluding hydrogens is 120 g/mol. The maximum atomic E-state index is 8.39. The van der Waals surface area contributed by atoms with Crippen LogP contribution in [0.4, 0.5) is 0 Å². The minimum Gasteiger partial charge on any atom is -0.392 e. The van der Waals surface area contributed by atoms with Crippen molar-refractivity contribution in [3.63, 3.8) is 0 Å². The lowest BCUT2D eigenvalue weighted by atomic mass is 10.3. The molecule has 0 rings (SSSR count). The molecule has 0 aliphatic rings. The van der Waals surface area contributed by atoms with Crippen molar-refractivity contribution in [2.24, 2.45) is 0 Å². The van der Waals surface area contributed by atoms with Crippen LogP contribution >= 0.6 is 0 Å². The zero-order valence-electron chi connectivity index (χ0n) is 5.04. The first-order valence-corrected chi connectivity index (χ1v) is 2.60. The first-order chi connectivity index (χ1) is 4.35. The third-order valence-electron chi connectivity index (χ3n) is 0.779. The zero-order valence-corrected chi connectivity index (χ0v) is 5.04. The van der Waals surface area contributed by atoms with Gasteiger partial charge in [0.1, 0.15) is 0 Å². The summed E-state index contributed by atoms with van der Waals surface area (Å²) in [6.45, 7) is -0.552. The summed E-state index contributed by atoms with van der Waals surface area (Å²) in [5.74, 6) is 0. The highest BCUT2D eigenvalue weighted by Crippen LogP contribution is 1.84. The Kier molecular flexibility index (Phi) is 5.17. The fourth-order valence-corrected chi connectivity index (χ4v) is 0.331. The van der Waals surface area contributed by atoms with Crippen LogP contribution in [0.25, 0.3) is 0 Å². The molecule has 0 saturated heterocycles. The summed E-state index contributed by atoms with van der Waals surface area (Å²) in [5.41, 5.74) is 2.89. The Bertz CT molecular complexity index is 116. The van der Waals surface area contributed by atoms with Gasteiger partial charge in [0.2, 0.25) is 0 Å². The predicted octanol–water partition coefficient (Wildman–Crippen LogP) is -0.955. The summed E-state index contributed by atoms with van der Waals surface area (Å²) in [7, 11) is 0. The van der Waals surface area contributed by atoms with E-state index >= 15 is 0 Å². The fraction of sp³-hybridized carbons (Fsp3) is 0.500. The second-order valence-electron chi connectivity index (χ2n) is 1.45. The van der Waals surface area contributed by atoms with E-state index < -0.39 is 0 Å². The average Bonchev–Trinajstić information content (AvgIpc) is 1.91. The van der Waals surface area contributed by atoms with E-state index in [4.69, 9.17) is 15.3 Å². The van der Waals surface area contributed by atoms with Crippen molar-refractivity contribution < 1.29 is 15.3 Å². The van der Waals surface area contributed by atoms with E-state index in [0.29, 0.717) is 5.57 Å². The highest BCUT2D eigenvalue weighted by Gasteiger charge is 1.86. The SMILES string of the molecule is OCC=C=C(CO)CO. The summed E-state index contributed by atoms with van der Waals surface area (Å²) in [6.07, 6.45) is 1.34. The Labute approximate surface area is 53.6 Å². The normalized spacial score (nSPS) is 8.33. The van der Waals surface area contributed by atoms with E-state index in [1.54, 1.807) is 0 Å². The third kappa shape index (κ3) is 3.94. The van der Waals surface area contributed by atoms with E-state index in [0.717, 1.165) is 0 Å². The summed E-state index contributed by atoms with van der Waals surface area (Å²) in [6, 6.07) is 0. The number of hydrogen-bond acceptors (Lipinski definition) is 3. The van der Waals surface area contributed by atoms with Crippen LogP contribution in [0.15, 0.2) is 17.4 Å². The molecule has 0 radical (unpaired) electrons. The van der Waals surface area contributed by atoms with Gasteiger partial charge in [0.05, 0.1) is 19.8 Å². The molecule has 0 saturated carbocycles. The average molecular weight is 130 g/mol. The summed E-state index contributed by atoms with van der Waals surface area (Å²) in [4.78, 5) is 0. The molecule has 0 aromatic rings. The van der Waals surface area contributed by atoms with Gasteiger partial charge in [-0.15, -0.1) is 5.73 Å². The Hall–Kier alpha value is -0.600. The zero-order chi connectivity index (χ0) is 7.11. The molecule has 0 fully saturated rings. The van der Waals surface area contributed by atoms with Gasteiger partial charge < -0.3 is 15.3 Å². The number of aliphatic hydroxyl groups excluding tert-OH is 3. The van der Waals surface area contributed by atoms with E-state index in [-0.39, 0.29) is 19.8 Å². The lowest BCUT2D eigenvalue weighted by Crippen LogP contribution is -1.93. The fourth-order valence-electron chi connectivity index (χ4n) is 0.331. The van der Waals surface area contributed by atoms with E-state index in [1.165, 1.54) is 6.08 Å². The standard InChI is InChI=1S/C6H10O3/c7-3-1-2-6(4-8)5-9/h1,7-9H,3-5H2. The predicted molar refractivity (Wildman–Crippen MR) is 32.9 cm³/mol. The summed E-state index contributed by atoms with van der Waals surface area (Å²) in [5, 5.41) is 25.0. The van der Waals surface area contributed by atoms with Crippen LogP contribution in [-0.2, 0) is 0 Å². The van der Waals surface area contributed by atoms with Crippen LogP contribution in [0.1, 0.15) is 0 Å². The van der Waals surface area contributed by atoms with E-state index in [9.17, 15) is 0 Å². The molecule has 0 atom stereocenters. The van der Waals surface area contributed by atoms with Crippen molar-refractivity contribution in [1.82, 2.24) is 0 Å². The van der Waals surface area contributed by atoms with Crippen molar-refractivity contribution in [3.8, 4) is 0 Å². The number of hydrogen-bond donors (Lipinski definition) is 3. The van der Waals surface area contributed by atoms with Gasteiger partial charge in [-0.2, -0.15) is 0 Å². The van der Waals surface area contributed by atoms with Crippen LogP contribution in [0.3, 0.4) is 0 Å². The second-order valence-corrected chi connectivity index (χ2v) is 1.45. The quantitative estimate of drug-likeness (QED) is 0.431. The molecule has 3 heteroatoms. The third-order valence-corrected chi connectivity index (χ3v) is 0.779. The van der Waals surface area contributed by atoms with Gasteiger partial charge in [0.25, 0.3) is 0 Å². The minimum absolute atomic E-state index is 0.122. The molecule has 0 heterocycles. The van der Waals surface area contributed by atoms with Crippen LogP contribution in [0.2, 0.25) is 0 Å². The van der Waals surface area contributed by atoms with Crippen molar-refractivity contribution >= 4 is 0 Å². The van der Waals surface area contributed by atoms with Crippen LogP contribution < -0.4 is 0 Å². The molecule has 0 spiro atoms. The van der Waals surface area contributed by atoms with Crippen molar-refractivity contribution in [3.05, 3.63) is 17.4 Å². The highest BCUT2D eigenvalue weighted by molar-refractivity contribution is 5.01. The molecule has 0 aromatic carbocycles. The van der Waals surface area contributed by atoms with Crippen molar-refractivity contribution in [1.29, 1.82) is 0 Å². The Morgan fingerprint density at radius 3 is 2.11 bits per heavy atom. The van der Waals surface area contributed by atoms with Gasteiger partial charge in [0, 0.05) is 5.57 Å². The molecular formula is C6H10O3. The molecule has 3 nitrogen and oxygen atoms in total. The minimum atomic E-state index is -0.215. The first-order valence-electron chi connectivity index (χ1n) is 2.60. The molecule has 0 bridgehead atoms. The maximum absolute atomic E-state index is 8.39. The molecule has 0 unspecified atom stereocenters. The molecule has 0 amide bonds. The van der Waals surface area contributed by atoms with Crippen molar-refractivity contribution in [2.75, 3.05) is 19.8 Å². The van der Waals surface area contributed by atoms with E-state index in [1.807, 2.05) is 0 Å². The Morgan fingerprint density at radius 1 is 1.22 bits per heavy atom. The molecule has 0 aliphatic carbocycles. The summed E-state index contributed by atoms with van der Waals surface area (Å²) >= 11 is 0. The highest BCUT2D eigenvalue weighted by atomic mass is 16.3. The maximum Gasteiger partial charge on any atom is 0.0738 e. The van der Waals surface area contributed by atoms with Gasteiger partial charge in [-0.3, -0.25) is 0 Å². The monoisotopic (exact) mass is 130 g/mol. The van der Waals surface area contributed by atoms with Gasteiger partial charge in [-0.25, -0.2) is 0 Å². The lowest BCUT2D eigenvalue weighted by Gasteiger charge is -1.89. The van der Waals surface area contributed by atoms with Crippen LogP contribution in [-0.4, -0.2) is 35.1 Å². The molecule has 0 aromatic heterocycles. The van der Waals surface area contributed by atoms with Gasteiger partial charge in [-0.1, -0.05) is 0 Å². The smallest absolute Gasteiger partial charge is 0.0738 e. The van der Waals surface area contributed by atoms with Gasteiger partial charge >= 0.3 is 0 Å². The first kappa shape index (κ1) is 8.40. The molecule has 3 N–H and O–H groups in total. The molecule has 52 valence electrons. The lowest BCUT2D eigenvalue weighted by molar-refractivity contribution is 0.277. The van der Waals surface area contributed by atoms with E-state index in [2.05, 4.69) is 5.73 Å². The van der Waals surface area contributed by atoms with Crippen molar-refractivity contribution in [2.45, 2.75) is 0 Å². The molecule has 0 aliphatic heterocycles. The van der Waals surface area contributed by atoms with Gasteiger partial charge in [0.15, 0.2) is 0 Å². The molecule has 9 heavy (non-hydrogen) atoms. The van der Waals surface area contributed by atoms with Crippen LogP contribution in [0.5, 0.6) is 0 Å². The largest absolute Gasteiger partial charge is 0.392 e. The van der Waals surface area contributed by atoms with Crippen LogP contribution in [0, 0.1) is 0 Å². The second kappa shape index (κ2) is 5.54.